The average Bonchev–Trinajstić information content (AvgIpc) is 3.08. The largest absolute Gasteiger partial charge is 0.486 e. The number of carbonyl (C=O) groups excluding carboxylic acids is 1. The van der Waals surface area contributed by atoms with Gasteiger partial charge in [0.1, 0.15) is 18.2 Å². The number of ketones is 1. The van der Waals surface area contributed by atoms with Crippen molar-refractivity contribution >= 4 is 17.5 Å². The zero-order valence-corrected chi connectivity index (χ0v) is 14.3. The Bertz CT molecular complexity index is 848. The van der Waals surface area contributed by atoms with Gasteiger partial charge in [0, 0.05) is 5.56 Å². The number of H-pyrrole nitrogens is 1. The van der Waals surface area contributed by atoms with Gasteiger partial charge in [0.15, 0.2) is 11.6 Å². The number of nitrogens with one attached hydrogen (secondary N) is 1. The van der Waals surface area contributed by atoms with Crippen molar-refractivity contribution in [2.75, 3.05) is 5.75 Å². The van der Waals surface area contributed by atoms with Gasteiger partial charge in [-0.3, -0.25) is 9.89 Å². The summed E-state index contributed by atoms with van der Waals surface area (Å²) in [6, 6.07) is 13.2. The van der Waals surface area contributed by atoms with Crippen molar-refractivity contribution in [2.24, 2.45) is 0 Å². The summed E-state index contributed by atoms with van der Waals surface area (Å²) in [6.45, 7) is 2.28. The molecule has 3 aromatic rings. The maximum absolute atomic E-state index is 12.9. The first kappa shape index (κ1) is 17.2. The Kier molecular flexibility index (Phi) is 5.45. The van der Waals surface area contributed by atoms with E-state index in [0.29, 0.717) is 16.5 Å². The second-order valence-corrected chi connectivity index (χ2v) is 6.33. The predicted octanol–water partition coefficient (Wildman–Crippen LogP) is 3.81. The summed E-state index contributed by atoms with van der Waals surface area (Å²) in [7, 11) is 0. The van der Waals surface area contributed by atoms with Gasteiger partial charge in [0.25, 0.3) is 0 Å². The lowest BCUT2D eigenvalue weighted by Crippen LogP contribution is -2.02. The van der Waals surface area contributed by atoms with Crippen LogP contribution in [0.3, 0.4) is 0 Å². The minimum atomic E-state index is -0.364. The first-order chi connectivity index (χ1) is 12.1. The second-order valence-electron chi connectivity index (χ2n) is 5.39. The van der Waals surface area contributed by atoms with E-state index in [2.05, 4.69) is 15.2 Å². The van der Waals surface area contributed by atoms with E-state index >= 15 is 0 Å². The van der Waals surface area contributed by atoms with Crippen molar-refractivity contribution in [3.05, 3.63) is 71.3 Å². The number of rotatable bonds is 7. The third kappa shape index (κ3) is 4.90. The normalized spacial score (nSPS) is 10.6. The second kappa shape index (κ2) is 7.94. The minimum Gasteiger partial charge on any atom is -0.486 e. The Morgan fingerprint density at radius 1 is 1.16 bits per heavy atom. The van der Waals surface area contributed by atoms with E-state index in [-0.39, 0.29) is 24.0 Å². The van der Waals surface area contributed by atoms with Crippen molar-refractivity contribution in [3.63, 3.8) is 0 Å². The van der Waals surface area contributed by atoms with Gasteiger partial charge in [0.05, 0.1) is 5.75 Å². The van der Waals surface area contributed by atoms with Gasteiger partial charge in [-0.2, -0.15) is 0 Å². The maximum atomic E-state index is 12.9. The van der Waals surface area contributed by atoms with Gasteiger partial charge in [-0.1, -0.05) is 29.5 Å². The topological polar surface area (TPSA) is 67.9 Å². The number of benzene rings is 2. The van der Waals surface area contributed by atoms with Gasteiger partial charge >= 0.3 is 0 Å². The summed E-state index contributed by atoms with van der Waals surface area (Å²) < 4.78 is 18.5. The number of hydrogen-bond acceptors (Lipinski definition) is 5. The fourth-order valence-electron chi connectivity index (χ4n) is 2.04. The predicted molar refractivity (Wildman–Crippen MR) is 93.3 cm³/mol. The van der Waals surface area contributed by atoms with E-state index in [9.17, 15) is 9.18 Å². The van der Waals surface area contributed by atoms with Crippen LogP contribution in [0.4, 0.5) is 4.39 Å². The lowest BCUT2D eigenvalue weighted by Gasteiger charge is -2.03. The number of Topliss-reactive ketones (excluding diaryl/α,β-unsaturated/α-hetero) is 1. The van der Waals surface area contributed by atoms with E-state index in [1.807, 2.05) is 31.2 Å². The lowest BCUT2D eigenvalue weighted by atomic mass is 10.1. The Hall–Kier alpha value is -2.67. The van der Waals surface area contributed by atoms with Crippen molar-refractivity contribution in [3.8, 4) is 5.75 Å². The summed E-state index contributed by atoms with van der Waals surface area (Å²) in [5, 5.41) is 7.32. The van der Waals surface area contributed by atoms with E-state index in [1.54, 1.807) is 0 Å². The molecular weight excluding hydrogens is 341 g/mol. The molecule has 3 rings (SSSR count). The van der Waals surface area contributed by atoms with Crippen LogP contribution in [0.15, 0.2) is 53.7 Å². The van der Waals surface area contributed by atoms with Gasteiger partial charge in [-0.05, 0) is 43.3 Å². The first-order valence-electron chi connectivity index (χ1n) is 7.62. The number of thioether (sulfide) groups is 1. The molecule has 7 heteroatoms. The molecule has 0 bridgehead atoms. The quantitative estimate of drug-likeness (QED) is 0.514. The molecule has 5 nitrogen and oxygen atoms in total. The number of hydrogen-bond donors (Lipinski definition) is 1. The molecule has 0 unspecified atom stereocenters. The van der Waals surface area contributed by atoms with Gasteiger partial charge in [-0.25, -0.2) is 9.37 Å². The highest BCUT2D eigenvalue weighted by atomic mass is 32.2. The monoisotopic (exact) mass is 357 g/mol. The van der Waals surface area contributed by atoms with Crippen molar-refractivity contribution in [1.82, 2.24) is 15.2 Å². The van der Waals surface area contributed by atoms with Crippen LogP contribution in [-0.4, -0.2) is 26.7 Å². The number of aromatic amines is 1. The van der Waals surface area contributed by atoms with Crippen molar-refractivity contribution < 1.29 is 13.9 Å². The summed E-state index contributed by atoms with van der Waals surface area (Å²) in [5.41, 5.74) is 1.63. The van der Waals surface area contributed by atoms with Crippen LogP contribution in [-0.2, 0) is 6.61 Å². The van der Waals surface area contributed by atoms with Gasteiger partial charge in [-0.15, -0.1) is 5.10 Å². The van der Waals surface area contributed by atoms with Crippen molar-refractivity contribution in [2.45, 2.75) is 18.7 Å². The fraction of sp³-hybridized carbons (Fsp3) is 0.167. The maximum Gasteiger partial charge on any atom is 0.208 e. The third-order valence-corrected chi connectivity index (χ3v) is 4.25. The van der Waals surface area contributed by atoms with Crippen molar-refractivity contribution in [1.29, 1.82) is 0 Å². The average molecular weight is 357 g/mol. The van der Waals surface area contributed by atoms with Gasteiger partial charge in [0.2, 0.25) is 5.16 Å². The molecule has 0 fully saturated rings. The Morgan fingerprint density at radius 3 is 2.60 bits per heavy atom. The van der Waals surface area contributed by atoms with Crippen LogP contribution in [0.2, 0.25) is 0 Å². The molecule has 1 N–H and O–H groups in total. The number of ether oxygens (including phenoxy) is 1. The minimum absolute atomic E-state index is 0.104. The molecule has 25 heavy (non-hydrogen) atoms. The molecule has 128 valence electrons. The molecule has 0 spiro atoms. The number of carbonyl (C=O) groups is 1. The number of halogens is 1. The molecular formula is C18H16FN3O2S. The van der Waals surface area contributed by atoms with E-state index in [4.69, 9.17) is 4.74 Å². The first-order valence-corrected chi connectivity index (χ1v) is 8.61. The molecule has 0 radical (unpaired) electrons. The summed E-state index contributed by atoms with van der Waals surface area (Å²) in [6.07, 6.45) is 0. The number of nitrogens with zero attached hydrogens (tertiary/aromatic N) is 2. The summed E-state index contributed by atoms with van der Waals surface area (Å²) in [4.78, 5) is 16.3. The van der Waals surface area contributed by atoms with Crippen LogP contribution >= 0.6 is 11.8 Å². The van der Waals surface area contributed by atoms with Crippen LogP contribution in [0.1, 0.15) is 21.7 Å². The SMILES string of the molecule is Cc1ccc(OCc2nc(SCC(=O)c3ccc(F)cc3)n[nH]2)cc1. The molecule has 0 aliphatic carbocycles. The van der Waals surface area contributed by atoms with Crippen LogP contribution in [0.5, 0.6) is 5.75 Å². The fourth-order valence-corrected chi connectivity index (χ4v) is 2.75. The highest BCUT2D eigenvalue weighted by Crippen LogP contribution is 2.17. The molecule has 1 aromatic heterocycles. The van der Waals surface area contributed by atoms with E-state index in [0.717, 1.165) is 11.3 Å². The van der Waals surface area contributed by atoms with Crippen LogP contribution in [0.25, 0.3) is 0 Å². The third-order valence-electron chi connectivity index (χ3n) is 3.41. The molecule has 0 atom stereocenters. The Labute approximate surface area is 148 Å². The van der Waals surface area contributed by atoms with E-state index in [1.165, 1.54) is 36.0 Å². The molecule has 0 saturated heterocycles. The molecule has 0 amide bonds. The summed E-state index contributed by atoms with van der Waals surface area (Å²) in [5.74, 6) is 1.05. The Balaban J connectivity index is 1.50. The summed E-state index contributed by atoms with van der Waals surface area (Å²) >= 11 is 1.22. The lowest BCUT2D eigenvalue weighted by molar-refractivity contribution is 0.102. The van der Waals surface area contributed by atoms with E-state index < -0.39 is 0 Å². The smallest absolute Gasteiger partial charge is 0.208 e. The molecule has 0 saturated carbocycles. The zero-order valence-electron chi connectivity index (χ0n) is 13.5. The number of aromatic nitrogens is 3. The van der Waals surface area contributed by atoms with Crippen LogP contribution < -0.4 is 4.74 Å². The molecule has 2 aromatic carbocycles. The number of aryl methyl sites for hydroxylation is 1. The highest BCUT2D eigenvalue weighted by Gasteiger charge is 2.10. The standard InChI is InChI=1S/C18H16FN3O2S/c1-12-2-8-15(9-3-12)24-10-17-20-18(22-21-17)25-11-16(23)13-4-6-14(19)7-5-13/h2-9H,10-11H2,1H3,(H,20,21,22). The Morgan fingerprint density at radius 2 is 1.88 bits per heavy atom. The molecule has 1 heterocycles. The highest BCUT2D eigenvalue weighted by molar-refractivity contribution is 7.99. The molecule has 0 aliphatic rings. The van der Waals surface area contributed by atoms with Crippen LogP contribution in [0, 0.1) is 12.7 Å². The molecule has 0 aliphatic heterocycles. The zero-order chi connectivity index (χ0) is 17.6. The van der Waals surface area contributed by atoms with Gasteiger partial charge < -0.3 is 4.74 Å².